The molecule has 0 fully saturated rings. The third-order valence-corrected chi connectivity index (χ3v) is 21.9. The van der Waals surface area contributed by atoms with E-state index in [9.17, 15) is 0 Å². The molecule has 0 radical (unpaired) electrons. The van der Waals surface area contributed by atoms with Crippen molar-refractivity contribution >= 4 is 124 Å². The van der Waals surface area contributed by atoms with Crippen LogP contribution in [0.25, 0.3) is 0 Å². The Morgan fingerprint density at radius 3 is 0.263 bits per heavy atom. The Balaban J connectivity index is 0.000000137. The summed E-state index contributed by atoms with van der Waals surface area (Å²) in [6, 6.07) is 129. The van der Waals surface area contributed by atoms with Crippen LogP contribution in [0.1, 0.15) is 0 Å². The molecule has 0 N–H and O–H groups in total. The second-order valence-corrected chi connectivity index (χ2v) is 33.9. The number of halogens is 3. The summed E-state index contributed by atoms with van der Waals surface area (Å²) in [6.07, 6.45) is 0. The smallest absolute Gasteiger partial charge is 0.0134 e. The van der Waals surface area contributed by atoms with Crippen LogP contribution in [0.4, 0.5) is 0 Å². The topological polar surface area (TPSA) is 0 Å². The van der Waals surface area contributed by atoms with Crippen molar-refractivity contribution in [3.63, 3.8) is 0 Å². The predicted molar refractivity (Wildman–Crippen MR) is 358 cm³/mol. The van der Waals surface area contributed by atoms with E-state index in [0.717, 1.165) is 0 Å². The molecule has 8 heteroatoms. The fourth-order valence-corrected chi connectivity index (χ4v) is 17.9. The summed E-state index contributed by atoms with van der Waals surface area (Å²) >= 11 is -1.66. The Bertz CT molecular complexity index is 2650. The van der Waals surface area contributed by atoms with Crippen LogP contribution in [-0.4, -0.2) is 0 Å². The van der Waals surface area contributed by atoms with Gasteiger partial charge in [0.2, 0.25) is 0 Å². The van der Waals surface area contributed by atoms with E-state index in [-0.39, 0.29) is 0 Å². The first-order chi connectivity index (χ1) is 39.5. The summed E-state index contributed by atoms with van der Waals surface area (Å²) in [5, 5.41) is 16.8. The summed E-state index contributed by atoms with van der Waals surface area (Å²) in [4.78, 5) is 0. The van der Waals surface area contributed by atoms with Gasteiger partial charge in [0.25, 0.3) is 0 Å². The number of hydrogen-bond donors (Lipinski definition) is 0. The standard InChI is InChI=1S/4C18H15P.3ClH.Rh/c4*1-4-10-16(11-5-1)19(17-12-6-2-7-13-17)18-14-8-3-9-15-18;;;;/h4*1-15H;3*1H;/q;;;;;;;+3/p-3. The van der Waals surface area contributed by atoms with Crippen molar-refractivity contribution in [3.05, 3.63) is 364 Å². The summed E-state index contributed by atoms with van der Waals surface area (Å²) in [5.41, 5.74) is 0. The molecule has 0 aliphatic carbocycles. The SMILES string of the molecule is [Cl][Rh]([Cl])[Cl].c1ccc(P(c2ccccc2)c2ccccc2)cc1.c1ccc(P(c2ccccc2)c2ccccc2)cc1.c1ccc(P(c2ccccc2)c2ccccc2)cc1.c1ccc(P(c2ccccc2)c2ccccc2)cc1. The molecule has 0 bridgehead atoms. The molecule has 0 saturated heterocycles. The maximum absolute atomic E-state index is 4.94. The first-order valence-corrected chi connectivity index (χ1v) is 37.7. The maximum Gasteiger partial charge on any atom is -0.0134 e. The van der Waals surface area contributed by atoms with Crippen molar-refractivity contribution in [1.82, 2.24) is 0 Å². The van der Waals surface area contributed by atoms with Crippen molar-refractivity contribution in [1.29, 1.82) is 0 Å². The van der Waals surface area contributed by atoms with E-state index in [0.29, 0.717) is 0 Å². The van der Waals surface area contributed by atoms with E-state index in [4.69, 9.17) is 29.1 Å². The third-order valence-electron chi connectivity index (χ3n) is 12.2. The summed E-state index contributed by atoms with van der Waals surface area (Å²) < 4.78 is 0. The molecule has 0 aliphatic rings. The normalized spacial score (nSPS) is 10.6. The molecule has 80 heavy (non-hydrogen) atoms. The van der Waals surface area contributed by atoms with Crippen LogP contribution in [0.15, 0.2) is 364 Å². The zero-order chi connectivity index (χ0) is 55.2. The van der Waals surface area contributed by atoms with E-state index < -0.39 is 44.7 Å². The van der Waals surface area contributed by atoms with Crippen LogP contribution in [0.5, 0.6) is 0 Å². The maximum atomic E-state index is 4.94. The van der Waals surface area contributed by atoms with Crippen LogP contribution < -0.4 is 63.7 Å². The minimum Gasteiger partial charge on any atom is -0.0622 e. The van der Waals surface area contributed by atoms with Crippen molar-refractivity contribution in [2.24, 2.45) is 0 Å². The van der Waals surface area contributed by atoms with E-state index in [1.54, 1.807) is 0 Å². The molecule has 0 amide bonds. The van der Waals surface area contributed by atoms with Gasteiger partial charge in [0.05, 0.1) is 0 Å². The number of hydrogen-bond acceptors (Lipinski definition) is 0. The van der Waals surface area contributed by atoms with Crippen LogP contribution in [0.3, 0.4) is 0 Å². The zero-order valence-corrected chi connectivity index (χ0v) is 51.4. The van der Waals surface area contributed by atoms with Gasteiger partial charge < -0.3 is 0 Å². The van der Waals surface area contributed by atoms with Gasteiger partial charge in [-0.2, -0.15) is 0 Å². The molecule has 398 valence electrons. The average molecular weight is 1260 g/mol. The fraction of sp³-hybridized carbons (Fsp3) is 0. The van der Waals surface area contributed by atoms with Gasteiger partial charge in [-0.25, -0.2) is 0 Å². The molecule has 0 aliphatic heterocycles. The van der Waals surface area contributed by atoms with Crippen LogP contribution in [-0.2, 0) is 13.0 Å². The summed E-state index contributed by atoms with van der Waals surface area (Å²) in [7, 11) is 13.0. The Hall–Kier alpha value is -6.15. The van der Waals surface area contributed by atoms with Crippen LogP contribution >= 0.6 is 60.8 Å². The van der Waals surface area contributed by atoms with Gasteiger partial charge in [-0.05, 0) is 95.3 Å². The van der Waals surface area contributed by atoms with Gasteiger partial charge in [-0.3, -0.25) is 0 Å². The Labute approximate surface area is 497 Å². The fourth-order valence-electron chi connectivity index (χ4n) is 8.71. The van der Waals surface area contributed by atoms with Gasteiger partial charge in [0.1, 0.15) is 0 Å². The molecule has 0 heterocycles. The summed E-state index contributed by atoms with van der Waals surface area (Å²) in [6.45, 7) is 0. The molecule has 0 saturated carbocycles. The van der Waals surface area contributed by atoms with Gasteiger partial charge >= 0.3 is 42.1 Å². The van der Waals surface area contributed by atoms with E-state index in [2.05, 4.69) is 364 Å². The average Bonchev–Trinajstić information content (AvgIpc) is 3.53. The second-order valence-electron chi connectivity index (χ2n) is 17.5. The van der Waals surface area contributed by atoms with E-state index in [1.807, 2.05) is 0 Å². The molecular weight excluding hydrogens is 1200 g/mol. The molecule has 0 nitrogen and oxygen atoms in total. The Morgan fingerprint density at radius 1 is 0.138 bits per heavy atom. The molecule has 12 rings (SSSR count). The van der Waals surface area contributed by atoms with Crippen molar-refractivity contribution in [2.45, 2.75) is 0 Å². The van der Waals surface area contributed by atoms with Gasteiger partial charge in [0.15, 0.2) is 0 Å². The van der Waals surface area contributed by atoms with Crippen molar-refractivity contribution in [2.75, 3.05) is 0 Å². The van der Waals surface area contributed by atoms with Crippen molar-refractivity contribution in [3.8, 4) is 0 Å². The number of rotatable bonds is 12. The second kappa shape index (κ2) is 34.2. The van der Waals surface area contributed by atoms with E-state index >= 15 is 0 Å². The minimum atomic E-state index is -1.66. The quantitative estimate of drug-likeness (QED) is 0.0845. The van der Waals surface area contributed by atoms with Crippen LogP contribution in [0, 0.1) is 0 Å². The first kappa shape index (κ1) is 60.0. The Morgan fingerprint density at radius 2 is 0.200 bits per heavy atom. The van der Waals surface area contributed by atoms with Crippen LogP contribution in [0.2, 0.25) is 0 Å². The van der Waals surface area contributed by atoms with Gasteiger partial charge in [-0.1, -0.05) is 364 Å². The Kier molecular flexibility index (Phi) is 25.6. The molecule has 0 spiro atoms. The largest absolute Gasteiger partial charge is 0.0622 e. The first-order valence-electron chi connectivity index (χ1n) is 26.0. The number of benzene rings is 12. The minimum absolute atomic E-state index is 0.446. The predicted octanol–water partition coefficient (Wildman–Crippen LogP) is 15.8. The van der Waals surface area contributed by atoms with Crippen molar-refractivity contribution < 1.29 is 13.0 Å². The summed E-state index contributed by atoms with van der Waals surface area (Å²) in [5.74, 6) is 0. The molecule has 0 aromatic heterocycles. The zero-order valence-electron chi connectivity index (χ0n) is 43.9. The molecule has 0 unspecified atom stereocenters. The van der Waals surface area contributed by atoms with Gasteiger partial charge in [-0.15, -0.1) is 0 Å². The molecule has 12 aromatic carbocycles. The molecular formula is C72H60Cl3P4Rh. The molecule has 0 atom stereocenters. The van der Waals surface area contributed by atoms with Gasteiger partial charge in [0, 0.05) is 0 Å². The monoisotopic (exact) mass is 1260 g/mol. The van der Waals surface area contributed by atoms with E-state index in [1.165, 1.54) is 63.7 Å². The molecule has 12 aromatic rings. The third kappa shape index (κ3) is 19.0.